The molecular weight excluding hydrogens is 538 g/mol. The average molecular weight is 558 g/mol. The van der Waals surface area contributed by atoms with E-state index in [9.17, 15) is 19.2 Å². The molecule has 23 heavy (non-hydrogen) atoms. The van der Waals surface area contributed by atoms with Crippen molar-refractivity contribution in [2.45, 2.75) is 13.8 Å². The molecule has 0 N–H and O–H groups in total. The van der Waals surface area contributed by atoms with Crippen LogP contribution in [0.2, 0.25) is 0 Å². The molecule has 0 heterocycles. The third-order valence-electron chi connectivity index (χ3n) is 1.87. The van der Waals surface area contributed by atoms with Crippen LogP contribution in [0.1, 0.15) is 13.8 Å². The lowest BCUT2D eigenvalue weighted by molar-refractivity contribution is -0.159. The van der Waals surface area contributed by atoms with Gasteiger partial charge in [0.2, 0.25) is 0 Å². The van der Waals surface area contributed by atoms with Crippen molar-refractivity contribution < 1.29 is 38.2 Å². The fourth-order valence-electron chi connectivity index (χ4n) is 0.735. The van der Waals surface area contributed by atoms with Crippen LogP contribution in [0.25, 0.3) is 0 Å². The molecule has 0 saturated carbocycles. The summed E-state index contributed by atoms with van der Waals surface area (Å²) < 4.78 is 12.7. The van der Waals surface area contributed by atoms with Gasteiger partial charge in [0.15, 0.2) is 0 Å². The Morgan fingerprint density at radius 3 is 1.39 bits per heavy atom. The second-order valence-electron chi connectivity index (χ2n) is 3.37. The molecule has 8 nitrogen and oxygen atoms in total. The number of carbonyl (C=O) groups is 5. The number of esters is 3. The van der Waals surface area contributed by atoms with Crippen molar-refractivity contribution in [1.82, 2.24) is 0 Å². The molecule has 0 saturated heterocycles. The summed E-state index contributed by atoms with van der Waals surface area (Å²) in [5.41, 5.74) is 0.433. The van der Waals surface area contributed by atoms with Gasteiger partial charge in [0.1, 0.15) is 12.7 Å². The number of rotatable bonds is 4. The van der Waals surface area contributed by atoms with Gasteiger partial charge in [-0.2, -0.15) is 0 Å². The maximum atomic E-state index is 10.9. The SMILES string of the molecule is C=C(C)C(=O)OC.C=O.COC(=O)C(=O)C(C)C(=O)OC.II. The predicted molar refractivity (Wildman–Crippen MR) is 100 cm³/mol. The maximum Gasteiger partial charge on any atom is 0.375 e. The molecule has 0 rings (SSSR count). The zero-order valence-corrected chi connectivity index (χ0v) is 17.8. The Bertz CT molecular complexity index is 395. The Balaban J connectivity index is -0.000000140. The van der Waals surface area contributed by atoms with Gasteiger partial charge in [-0.05, 0) is 13.8 Å². The van der Waals surface area contributed by atoms with Crippen molar-refractivity contribution >= 4 is 67.7 Å². The van der Waals surface area contributed by atoms with E-state index >= 15 is 0 Å². The van der Waals surface area contributed by atoms with Crippen LogP contribution in [0.15, 0.2) is 12.2 Å². The summed E-state index contributed by atoms with van der Waals surface area (Å²) in [5.74, 6) is -4.12. The molecule has 0 amide bonds. The van der Waals surface area contributed by atoms with E-state index in [0.717, 1.165) is 14.2 Å². The van der Waals surface area contributed by atoms with Gasteiger partial charge in [-0.25, -0.2) is 9.59 Å². The van der Waals surface area contributed by atoms with E-state index in [0.29, 0.717) is 5.57 Å². The van der Waals surface area contributed by atoms with Crippen LogP contribution in [0.5, 0.6) is 0 Å². The Labute approximate surface area is 158 Å². The highest BCUT2D eigenvalue weighted by Crippen LogP contribution is 2.00. The Morgan fingerprint density at radius 2 is 1.22 bits per heavy atom. The molecule has 0 aromatic heterocycles. The quantitative estimate of drug-likeness (QED) is 0.129. The van der Waals surface area contributed by atoms with Crippen LogP contribution >= 0.6 is 37.2 Å². The van der Waals surface area contributed by atoms with Gasteiger partial charge in [-0.3, -0.25) is 9.59 Å². The first-order chi connectivity index (χ1) is 10.7. The molecule has 1 unspecified atom stereocenters. The third kappa shape index (κ3) is 17.1. The lowest BCUT2D eigenvalue weighted by Gasteiger charge is -2.05. The van der Waals surface area contributed by atoms with Gasteiger partial charge < -0.3 is 19.0 Å². The average Bonchev–Trinajstić information content (AvgIpc) is 2.61. The molecule has 1 atom stereocenters. The number of hydrogen-bond acceptors (Lipinski definition) is 8. The fraction of sp³-hybridized carbons (Fsp3) is 0.462. The smallest absolute Gasteiger partial charge is 0.375 e. The van der Waals surface area contributed by atoms with Crippen LogP contribution in [0.4, 0.5) is 0 Å². The maximum absolute atomic E-state index is 10.9. The van der Waals surface area contributed by atoms with E-state index in [1.54, 1.807) is 6.92 Å². The summed E-state index contributed by atoms with van der Waals surface area (Å²) in [7, 11) is 3.55. The summed E-state index contributed by atoms with van der Waals surface area (Å²) in [6.45, 7) is 8.24. The van der Waals surface area contributed by atoms with Crippen molar-refractivity contribution in [1.29, 1.82) is 0 Å². The molecule has 0 aromatic rings. The largest absolute Gasteiger partial charge is 0.468 e. The zero-order chi connectivity index (χ0) is 19.6. The van der Waals surface area contributed by atoms with Crippen molar-refractivity contribution in [3.8, 4) is 0 Å². The molecule has 0 aliphatic heterocycles. The van der Waals surface area contributed by atoms with E-state index in [1.165, 1.54) is 14.0 Å². The van der Waals surface area contributed by atoms with Gasteiger partial charge in [0.05, 0.1) is 21.3 Å². The first kappa shape index (κ1) is 29.9. The van der Waals surface area contributed by atoms with Crippen LogP contribution < -0.4 is 0 Å². The molecule has 0 bridgehead atoms. The Kier molecular flexibility index (Phi) is 27.2. The van der Waals surface area contributed by atoms with Gasteiger partial charge >= 0.3 is 17.9 Å². The number of carbonyl (C=O) groups excluding carboxylic acids is 5. The zero-order valence-electron chi connectivity index (χ0n) is 13.5. The standard InChI is InChI=1S/C7H10O5.C5H8O2.CH2O.I2/c1-4(6(9)11-2)5(8)7(10)12-3;1-4(2)5(6)7-3;2*1-2/h4H,1-3H3;1H2,2-3H3;1H2;. The lowest BCUT2D eigenvalue weighted by Crippen LogP contribution is -2.29. The van der Waals surface area contributed by atoms with Crippen LogP contribution in [-0.2, 0) is 38.2 Å². The highest BCUT2D eigenvalue weighted by Gasteiger charge is 2.28. The summed E-state index contributed by atoms with van der Waals surface area (Å²) in [4.78, 5) is 50.4. The van der Waals surface area contributed by atoms with Gasteiger partial charge in [-0.15, -0.1) is 0 Å². The third-order valence-corrected chi connectivity index (χ3v) is 1.87. The number of halogens is 2. The molecule has 134 valence electrons. The monoisotopic (exact) mass is 558 g/mol. The Hall–Kier alpha value is -1.05. The second-order valence-corrected chi connectivity index (χ2v) is 3.37. The minimum Gasteiger partial charge on any atom is -0.468 e. The predicted octanol–water partition coefficient (Wildman–Crippen LogP) is 1.86. The fourth-order valence-corrected chi connectivity index (χ4v) is 0.735. The molecule has 10 heteroatoms. The van der Waals surface area contributed by atoms with E-state index in [-0.39, 0.29) is 5.97 Å². The summed E-state index contributed by atoms with van der Waals surface area (Å²) in [5, 5.41) is 0. The van der Waals surface area contributed by atoms with Crippen LogP contribution in [0, 0.1) is 5.92 Å². The lowest BCUT2D eigenvalue weighted by atomic mass is 10.1. The molecule has 0 radical (unpaired) electrons. The van der Waals surface area contributed by atoms with Crippen LogP contribution in [0.3, 0.4) is 0 Å². The highest BCUT2D eigenvalue weighted by molar-refractivity contribution is 15.0. The topological polar surface area (TPSA) is 113 Å². The van der Waals surface area contributed by atoms with E-state index in [1.807, 2.05) is 6.79 Å². The molecule has 0 aliphatic rings. The molecule has 0 aromatic carbocycles. The number of hydrogen-bond donors (Lipinski definition) is 0. The minimum atomic E-state index is -1.09. The number of ether oxygens (including phenoxy) is 3. The van der Waals surface area contributed by atoms with Crippen molar-refractivity contribution in [2.24, 2.45) is 5.92 Å². The minimum absolute atomic E-state index is 0.347. The van der Waals surface area contributed by atoms with Gasteiger partial charge in [0, 0.05) is 42.8 Å². The molecule has 0 fully saturated rings. The van der Waals surface area contributed by atoms with Crippen molar-refractivity contribution in [3.63, 3.8) is 0 Å². The highest BCUT2D eigenvalue weighted by atomic mass is 128. The van der Waals surface area contributed by atoms with E-state index < -0.39 is 23.6 Å². The van der Waals surface area contributed by atoms with E-state index in [4.69, 9.17) is 4.79 Å². The van der Waals surface area contributed by atoms with Gasteiger partial charge in [-0.1, -0.05) is 6.58 Å². The number of Topliss-reactive ketones (excluding diaryl/α,β-unsaturated/α-hetero) is 1. The van der Waals surface area contributed by atoms with Crippen molar-refractivity contribution in [2.75, 3.05) is 21.3 Å². The van der Waals surface area contributed by atoms with Crippen LogP contribution in [-0.4, -0.2) is 51.8 Å². The summed E-state index contributed by atoms with van der Waals surface area (Å²) >= 11 is 4.24. The Morgan fingerprint density at radius 1 is 0.870 bits per heavy atom. The van der Waals surface area contributed by atoms with Crippen molar-refractivity contribution in [3.05, 3.63) is 12.2 Å². The summed E-state index contributed by atoms with van der Waals surface area (Å²) in [6, 6.07) is 0. The first-order valence-corrected chi connectivity index (χ1v) is 11.9. The number of ketones is 1. The normalized spacial score (nSPS) is 8.83. The molecular formula is C13H20I2O8. The first-order valence-electron chi connectivity index (χ1n) is 5.59. The van der Waals surface area contributed by atoms with E-state index in [2.05, 4.69) is 58.0 Å². The summed E-state index contributed by atoms with van der Waals surface area (Å²) in [6.07, 6.45) is 0. The molecule has 0 spiro atoms. The molecule has 0 aliphatic carbocycles. The number of methoxy groups -OCH3 is 3. The van der Waals surface area contributed by atoms with Gasteiger partial charge in [0.25, 0.3) is 5.78 Å². The second kappa shape index (κ2) is 20.9.